The molecule has 4 rings (SSSR count). The van der Waals surface area contributed by atoms with Gasteiger partial charge in [0.05, 0.1) is 11.7 Å². The molecule has 1 aliphatic carbocycles. The number of carbonyl (C=O) groups is 1. The summed E-state index contributed by atoms with van der Waals surface area (Å²) in [4.78, 5) is 12.1. The molecule has 3 nitrogen and oxygen atoms in total. The Hall–Kier alpha value is -2.07. The van der Waals surface area contributed by atoms with Crippen LogP contribution in [0.4, 0.5) is 4.79 Å². The molecule has 1 atom stereocenters. The van der Waals surface area contributed by atoms with Crippen LogP contribution in [0.3, 0.4) is 0 Å². The zero-order valence-corrected chi connectivity index (χ0v) is 12.4. The van der Waals surface area contributed by atoms with Gasteiger partial charge in [0.2, 0.25) is 0 Å². The Morgan fingerprint density at radius 1 is 1.14 bits per heavy atom. The van der Waals surface area contributed by atoms with Crippen molar-refractivity contribution >= 4 is 23.1 Å². The van der Waals surface area contributed by atoms with Crippen molar-refractivity contribution in [1.82, 2.24) is 10.6 Å². The summed E-state index contributed by atoms with van der Waals surface area (Å²) in [6.07, 6.45) is 3.20. The maximum atomic E-state index is 12.1. The van der Waals surface area contributed by atoms with Gasteiger partial charge in [0.15, 0.2) is 0 Å². The smallest absolute Gasteiger partial charge is 0.319 e. The molecular weight excluding hydrogens is 280 g/mol. The van der Waals surface area contributed by atoms with Crippen LogP contribution in [0.15, 0.2) is 46.7 Å². The number of aryl methyl sites for hydroxylation is 1. The van der Waals surface area contributed by atoms with E-state index in [2.05, 4.69) is 45.7 Å². The van der Waals surface area contributed by atoms with Gasteiger partial charge in [-0.15, -0.1) is 0 Å². The van der Waals surface area contributed by atoms with Gasteiger partial charge >= 0.3 is 6.03 Å². The second-order valence-corrected chi connectivity index (χ2v) is 6.28. The van der Waals surface area contributed by atoms with Crippen LogP contribution < -0.4 is 10.6 Å². The minimum atomic E-state index is -0.110. The van der Waals surface area contributed by atoms with Crippen LogP contribution in [0, 0.1) is 0 Å². The van der Waals surface area contributed by atoms with Gasteiger partial charge in [-0.05, 0) is 52.8 Å². The minimum absolute atomic E-state index is 0.00570. The van der Waals surface area contributed by atoms with Gasteiger partial charge < -0.3 is 10.6 Å². The third-order valence-electron chi connectivity index (χ3n) is 4.24. The quantitative estimate of drug-likeness (QED) is 0.824. The van der Waals surface area contributed by atoms with Crippen molar-refractivity contribution in [2.45, 2.75) is 25.3 Å². The Kier molecular flexibility index (Phi) is 3.04. The molecule has 4 heteroatoms. The van der Waals surface area contributed by atoms with E-state index in [0.717, 1.165) is 25.0 Å². The van der Waals surface area contributed by atoms with Crippen molar-refractivity contribution in [3.63, 3.8) is 0 Å². The second kappa shape index (κ2) is 5.04. The molecule has 2 amide bonds. The molecule has 1 unspecified atom stereocenters. The van der Waals surface area contributed by atoms with Gasteiger partial charge in [0.25, 0.3) is 0 Å². The number of fused-ring (bicyclic) bond motifs is 2. The highest BCUT2D eigenvalue weighted by molar-refractivity contribution is 7.08. The van der Waals surface area contributed by atoms with E-state index in [1.54, 1.807) is 11.3 Å². The molecule has 2 aliphatic rings. The number of hydrogen-bond acceptors (Lipinski definition) is 2. The third-order valence-corrected chi connectivity index (χ3v) is 4.94. The lowest BCUT2D eigenvalue weighted by Gasteiger charge is -2.29. The van der Waals surface area contributed by atoms with E-state index in [1.165, 1.54) is 22.3 Å². The summed E-state index contributed by atoms with van der Waals surface area (Å²) in [5.74, 6) is 0. The number of thiophene rings is 1. The Labute approximate surface area is 127 Å². The van der Waals surface area contributed by atoms with Gasteiger partial charge in [0.1, 0.15) is 0 Å². The van der Waals surface area contributed by atoms with Crippen molar-refractivity contribution in [2.24, 2.45) is 0 Å². The second-order valence-electron chi connectivity index (χ2n) is 5.50. The molecule has 0 saturated heterocycles. The Bertz CT molecular complexity index is 718. The molecule has 0 fully saturated rings. The van der Waals surface area contributed by atoms with Gasteiger partial charge in [-0.2, -0.15) is 11.3 Å². The largest absolute Gasteiger partial charge is 0.327 e. The van der Waals surface area contributed by atoms with Crippen LogP contribution in [-0.2, 0) is 6.42 Å². The van der Waals surface area contributed by atoms with Crippen LogP contribution in [0.2, 0.25) is 0 Å². The molecule has 0 spiro atoms. The zero-order chi connectivity index (χ0) is 14.2. The number of rotatable bonds is 1. The van der Waals surface area contributed by atoms with Crippen LogP contribution in [0.5, 0.6) is 0 Å². The van der Waals surface area contributed by atoms with E-state index in [-0.39, 0.29) is 12.1 Å². The van der Waals surface area contributed by atoms with Crippen LogP contribution in [0.1, 0.15) is 35.6 Å². The zero-order valence-electron chi connectivity index (χ0n) is 11.6. The first kappa shape index (κ1) is 12.7. The average Bonchev–Trinajstić information content (AvgIpc) is 2.96. The van der Waals surface area contributed by atoms with Crippen LogP contribution >= 0.6 is 11.3 Å². The van der Waals surface area contributed by atoms with Gasteiger partial charge in [0, 0.05) is 5.56 Å². The third kappa shape index (κ3) is 2.16. The summed E-state index contributed by atoms with van der Waals surface area (Å²) in [5.41, 5.74) is 6.01. The lowest BCUT2D eigenvalue weighted by atomic mass is 9.92. The van der Waals surface area contributed by atoms with E-state index < -0.39 is 0 Å². The van der Waals surface area contributed by atoms with Gasteiger partial charge in [-0.25, -0.2) is 4.79 Å². The number of hydrogen-bond donors (Lipinski definition) is 2. The number of nitrogens with one attached hydrogen (secondary N) is 2. The molecule has 2 N–H and O–H groups in total. The first-order valence-corrected chi connectivity index (χ1v) is 8.18. The van der Waals surface area contributed by atoms with E-state index >= 15 is 0 Å². The van der Waals surface area contributed by atoms with E-state index in [1.807, 2.05) is 6.07 Å². The van der Waals surface area contributed by atoms with E-state index in [9.17, 15) is 4.79 Å². The summed E-state index contributed by atoms with van der Waals surface area (Å²) < 4.78 is 0. The molecule has 0 radical (unpaired) electrons. The molecular formula is C17H16N2OS. The SMILES string of the molecule is O=C1NC2=C(CCCc3ccccc32)C(c2ccsc2)N1. The molecule has 2 aromatic rings. The number of urea groups is 1. The van der Waals surface area contributed by atoms with Crippen molar-refractivity contribution in [1.29, 1.82) is 0 Å². The van der Waals surface area contributed by atoms with Crippen LogP contribution in [-0.4, -0.2) is 6.03 Å². The maximum Gasteiger partial charge on any atom is 0.319 e. The normalized spacial score (nSPS) is 21.0. The Balaban J connectivity index is 1.89. The van der Waals surface area contributed by atoms with Crippen molar-refractivity contribution in [2.75, 3.05) is 0 Å². The molecule has 1 aromatic heterocycles. The summed E-state index contributed by atoms with van der Waals surface area (Å²) in [7, 11) is 0. The predicted octanol–water partition coefficient (Wildman–Crippen LogP) is 3.85. The summed E-state index contributed by atoms with van der Waals surface area (Å²) in [6, 6.07) is 10.4. The van der Waals surface area contributed by atoms with Gasteiger partial charge in [-0.3, -0.25) is 0 Å². The standard InChI is InChI=1S/C17H16N2OS/c20-17-18-15(12-8-9-21-10-12)14-7-3-5-11-4-1-2-6-13(11)16(14)19-17/h1-2,4,6,8-10,15H,3,5,7H2,(H2,18,19,20). The molecule has 1 aromatic carbocycles. The summed E-state index contributed by atoms with van der Waals surface area (Å²) in [5, 5.41) is 10.3. The van der Waals surface area contributed by atoms with Crippen LogP contribution in [0.25, 0.3) is 5.70 Å². The molecule has 106 valence electrons. The lowest BCUT2D eigenvalue weighted by Crippen LogP contribution is -2.43. The fourth-order valence-corrected chi connectivity index (χ4v) is 3.96. The fourth-order valence-electron chi connectivity index (χ4n) is 3.28. The molecule has 0 saturated carbocycles. The molecule has 0 bridgehead atoms. The molecule has 2 heterocycles. The number of carbonyl (C=O) groups excluding carboxylic acids is 1. The topological polar surface area (TPSA) is 41.1 Å². The molecule has 21 heavy (non-hydrogen) atoms. The first-order chi connectivity index (χ1) is 10.3. The van der Waals surface area contributed by atoms with Crippen molar-refractivity contribution < 1.29 is 4.79 Å². The Morgan fingerprint density at radius 2 is 2.05 bits per heavy atom. The lowest BCUT2D eigenvalue weighted by molar-refractivity contribution is 0.240. The summed E-state index contributed by atoms with van der Waals surface area (Å²) >= 11 is 1.67. The highest BCUT2D eigenvalue weighted by Gasteiger charge is 2.30. The summed E-state index contributed by atoms with van der Waals surface area (Å²) in [6.45, 7) is 0. The highest BCUT2D eigenvalue weighted by atomic mass is 32.1. The van der Waals surface area contributed by atoms with E-state index in [0.29, 0.717) is 0 Å². The predicted molar refractivity (Wildman–Crippen MR) is 85.0 cm³/mol. The highest BCUT2D eigenvalue weighted by Crippen LogP contribution is 2.38. The minimum Gasteiger partial charge on any atom is -0.327 e. The first-order valence-electron chi connectivity index (χ1n) is 7.24. The monoisotopic (exact) mass is 296 g/mol. The maximum absolute atomic E-state index is 12.1. The fraction of sp³-hybridized carbons (Fsp3) is 0.235. The van der Waals surface area contributed by atoms with Gasteiger partial charge in [-0.1, -0.05) is 24.3 Å². The number of amides is 2. The molecule has 1 aliphatic heterocycles. The average molecular weight is 296 g/mol. The Morgan fingerprint density at radius 3 is 2.90 bits per heavy atom. The number of benzene rings is 1. The van der Waals surface area contributed by atoms with E-state index in [4.69, 9.17) is 0 Å². The van der Waals surface area contributed by atoms with Crippen molar-refractivity contribution in [3.05, 3.63) is 63.4 Å². The van der Waals surface area contributed by atoms with Crippen molar-refractivity contribution in [3.8, 4) is 0 Å².